The summed E-state index contributed by atoms with van der Waals surface area (Å²) in [5, 5.41) is 3.40. The van der Waals surface area contributed by atoms with Crippen LogP contribution in [0.4, 0.5) is 0 Å². The van der Waals surface area contributed by atoms with Crippen LogP contribution in [0.15, 0.2) is 24.3 Å². The molecule has 1 heterocycles. The summed E-state index contributed by atoms with van der Waals surface area (Å²) in [6.07, 6.45) is 7.46. The summed E-state index contributed by atoms with van der Waals surface area (Å²) in [7, 11) is -3.23. The summed E-state index contributed by atoms with van der Waals surface area (Å²) in [4.78, 5) is 11.0. The molecule has 30 heavy (non-hydrogen) atoms. The highest BCUT2D eigenvalue weighted by Gasteiger charge is 2.30. The number of aldehydes is 1. The lowest BCUT2D eigenvalue weighted by Crippen LogP contribution is -2.55. The van der Waals surface area contributed by atoms with E-state index in [4.69, 9.17) is 9.47 Å². The van der Waals surface area contributed by atoms with Crippen LogP contribution in [0.25, 0.3) is 0 Å². The Morgan fingerprint density at radius 1 is 1.20 bits per heavy atom. The van der Waals surface area contributed by atoms with Gasteiger partial charge in [0.05, 0.1) is 19.0 Å². The van der Waals surface area contributed by atoms with Crippen molar-refractivity contribution >= 4 is 16.3 Å². The van der Waals surface area contributed by atoms with Gasteiger partial charge in [0.15, 0.2) is 12.4 Å². The minimum absolute atomic E-state index is 0.00477. The number of piperidine rings is 1. The van der Waals surface area contributed by atoms with Gasteiger partial charge in [0.2, 0.25) is 10.0 Å². The van der Waals surface area contributed by atoms with Gasteiger partial charge < -0.3 is 14.8 Å². The summed E-state index contributed by atoms with van der Waals surface area (Å²) in [5.74, 6) is 1.19. The van der Waals surface area contributed by atoms with Gasteiger partial charge in [-0.15, -0.1) is 0 Å². The monoisotopic (exact) mass is 438 g/mol. The average Bonchev–Trinajstić information content (AvgIpc) is 2.73. The highest BCUT2D eigenvalue weighted by Crippen LogP contribution is 2.38. The zero-order valence-electron chi connectivity index (χ0n) is 17.9. The lowest BCUT2D eigenvalue weighted by atomic mass is 9.82. The molecule has 168 valence electrons. The maximum absolute atomic E-state index is 11.6. The number of rotatable bonds is 9. The first-order valence-corrected chi connectivity index (χ1v) is 12.8. The molecule has 1 aromatic rings. The van der Waals surface area contributed by atoms with Crippen molar-refractivity contribution in [3.05, 3.63) is 29.8 Å². The smallest absolute Gasteiger partial charge is 0.209 e. The Kier molecular flexibility index (Phi) is 8.27. The second kappa shape index (κ2) is 10.7. The van der Waals surface area contributed by atoms with Crippen LogP contribution in [0.1, 0.15) is 56.9 Å². The van der Waals surface area contributed by atoms with Crippen molar-refractivity contribution < 1.29 is 22.7 Å². The minimum atomic E-state index is -3.23. The number of hydrogen-bond donors (Lipinski definition) is 2. The maximum atomic E-state index is 11.6. The van der Waals surface area contributed by atoms with Gasteiger partial charge in [-0.2, -0.15) is 0 Å². The fraction of sp³-hybridized carbons (Fsp3) is 0.682. The van der Waals surface area contributed by atoms with Gasteiger partial charge in [0.1, 0.15) is 5.75 Å². The molecule has 0 spiro atoms. The topological polar surface area (TPSA) is 93.7 Å². The number of carbonyl (C=O) groups is 1. The number of hydrogen-bond acceptors (Lipinski definition) is 6. The van der Waals surface area contributed by atoms with Crippen molar-refractivity contribution in [2.75, 3.05) is 19.4 Å². The predicted molar refractivity (Wildman–Crippen MR) is 116 cm³/mol. The predicted octanol–water partition coefficient (Wildman–Crippen LogP) is 2.37. The number of ether oxygens (including phenoxy) is 2. The van der Waals surface area contributed by atoms with E-state index in [1.165, 1.54) is 6.26 Å². The van der Waals surface area contributed by atoms with E-state index < -0.39 is 16.1 Å². The van der Waals surface area contributed by atoms with Crippen molar-refractivity contribution in [3.63, 3.8) is 0 Å². The maximum Gasteiger partial charge on any atom is 0.209 e. The molecule has 1 aromatic carbocycles. The molecule has 0 amide bonds. The van der Waals surface area contributed by atoms with E-state index in [-0.39, 0.29) is 18.2 Å². The number of sulfonamides is 1. The summed E-state index contributed by atoms with van der Waals surface area (Å²) >= 11 is 0. The zero-order chi connectivity index (χ0) is 21.6. The van der Waals surface area contributed by atoms with E-state index in [0.29, 0.717) is 12.5 Å². The molecule has 1 saturated heterocycles. The van der Waals surface area contributed by atoms with Crippen LogP contribution in [-0.4, -0.2) is 58.4 Å². The summed E-state index contributed by atoms with van der Waals surface area (Å²) in [6, 6.07) is 7.86. The van der Waals surface area contributed by atoms with Crippen LogP contribution in [0.3, 0.4) is 0 Å². The molecule has 1 aliphatic carbocycles. The molecule has 7 nitrogen and oxygen atoms in total. The molecule has 0 radical (unpaired) electrons. The minimum Gasteiger partial charge on any atom is -0.483 e. The van der Waals surface area contributed by atoms with E-state index in [1.807, 2.05) is 18.2 Å². The van der Waals surface area contributed by atoms with Crippen LogP contribution >= 0.6 is 0 Å². The van der Waals surface area contributed by atoms with Gasteiger partial charge in [0.25, 0.3) is 0 Å². The summed E-state index contributed by atoms with van der Waals surface area (Å²) in [6.45, 7) is 3.15. The third kappa shape index (κ3) is 6.77. The Morgan fingerprint density at radius 2 is 1.93 bits per heavy atom. The van der Waals surface area contributed by atoms with Gasteiger partial charge in [0, 0.05) is 12.1 Å². The third-order valence-corrected chi connectivity index (χ3v) is 6.73. The molecular weight excluding hydrogens is 404 g/mol. The zero-order valence-corrected chi connectivity index (χ0v) is 18.7. The molecule has 1 aliphatic heterocycles. The Morgan fingerprint density at radius 3 is 2.63 bits per heavy atom. The van der Waals surface area contributed by atoms with E-state index in [1.54, 1.807) is 6.92 Å². The van der Waals surface area contributed by atoms with E-state index in [2.05, 4.69) is 16.1 Å². The molecule has 2 N–H and O–H groups in total. The quantitative estimate of drug-likeness (QED) is 0.575. The highest BCUT2D eigenvalue weighted by molar-refractivity contribution is 7.88. The largest absolute Gasteiger partial charge is 0.483 e. The molecule has 0 unspecified atom stereocenters. The molecule has 3 atom stereocenters. The molecule has 3 rings (SSSR count). The van der Waals surface area contributed by atoms with Crippen molar-refractivity contribution in [2.45, 2.75) is 75.7 Å². The van der Waals surface area contributed by atoms with Crippen LogP contribution in [-0.2, 0) is 19.6 Å². The Bertz CT molecular complexity index is 792. The fourth-order valence-electron chi connectivity index (χ4n) is 4.48. The lowest BCUT2D eigenvalue weighted by molar-refractivity contribution is -0.113. The van der Waals surface area contributed by atoms with Crippen LogP contribution in [0, 0.1) is 0 Å². The second-order valence-electron chi connectivity index (χ2n) is 8.50. The fourth-order valence-corrected chi connectivity index (χ4v) is 5.31. The van der Waals surface area contributed by atoms with Gasteiger partial charge in [-0.25, -0.2) is 13.1 Å². The molecular formula is C22H34N2O5S. The molecule has 2 aliphatic rings. The van der Waals surface area contributed by atoms with Gasteiger partial charge >= 0.3 is 0 Å². The summed E-state index contributed by atoms with van der Waals surface area (Å²) < 4.78 is 38.0. The first kappa shape index (κ1) is 23.2. The lowest BCUT2D eigenvalue weighted by Gasteiger charge is -2.35. The van der Waals surface area contributed by atoms with Crippen LogP contribution < -0.4 is 14.8 Å². The van der Waals surface area contributed by atoms with Gasteiger partial charge in [-0.1, -0.05) is 18.2 Å². The van der Waals surface area contributed by atoms with Crippen LogP contribution in [0.2, 0.25) is 0 Å². The first-order valence-electron chi connectivity index (χ1n) is 10.9. The van der Waals surface area contributed by atoms with Crippen molar-refractivity contribution in [1.82, 2.24) is 10.0 Å². The third-order valence-electron chi connectivity index (χ3n) is 6.00. The SMILES string of the molecule is C[C@H](C=O)Oc1ccccc1[C@H]1CC[C@@H](OC[C@@H]2NCCC[C@@H]2NS(C)(=O)=O)CC1. The van der Waals surface area contributed by atoms with Crippen molar-refractivity contribution in [1.29, 1.82) is 0 Å². The standard InChI is InChI=1S/C22H34N2O5S/c1-16(14-25)29-22-8-4-3-6-19(22)17-9-11-18(12-10-17)28-15-21-20(7-5-13-23-21)24-30(2,26)27/h3-4,6,8,14,16-18,20-21,23-24H,5,7,9-13,15H2,1-2H3/t16-,17-,18+,20+,21+/m1/s1. The van der Waals surface area contributed by atoms with E-state index in [9.17, 15) is 13.2 Å². The molecule has 8 heteroatoms. The highest BCUT2D eigenvalue weighted by atomic mass is 32.2. The number of nitrogens with one attached hydrogen (secondary N) is 2. The van der Waals surface area contributed by atoms with E-state index in [0.717, 1.165) is 62.7 Å². The summed E-state index contributed by atoms with van der Waals surface area (Å²) in [5.41, 5.74) is 1.16. The average molecular weight is 439 g/mol. The van der Waals surface area contributed by atoms with Crippen LogP contribution in [0.5, 0.6) is 5.75 Å². The first-order chi connectivity index (χ1) is 14.4. The molecule has 1 saturated carbocycles. The molecule has 0 aromatic heterocycles. The number of para-hydroxylation sites is 1. The Balaban J connectivity index is 1.51. The van der Waals surface area contributed by atoms with Gasteiger partial charge in [-0.05, 0) is 69.5 Å². The van der Waals surface area contributed by atoms with E-state index >= 15 is 0 Å². The van der Waals surface area contributed by atoms with Gasteiger partial charge in [-0.3, -0.25) is 4.79 Å². The Hall–Kier alpha value is -1.48. The second-order valence-corrected chi connectivity index (χ2v) is 10.3. The number of benzene rings is 1. The normalized spacial score (nSPS) is 28.6. The Labute approximate surface area is 180 Å². The number of carbonyl (C=O) groups excluding carboxylic acids is 1. The van der Waals surface area contributed by atoms with Crippen molar-refractivity contribution in [3.8, 4) is 5.75 Å². The van der Waals surface area contributed by atoms with Crippen molar-refractivity contribution in [2.24, 2.45) is 0 Å². The molecule has 0 bridgehead atoms. The molecule has 2 fully saturated rings.